The van der Waals surface area contributed by atoms with Gasteiger partial charge < -0.3 is 9.47 Å². The molecule has 1 heterocycles. The van der Waals surface area contributed by atoms with Crippen molar-refractivity contribution >= 4 is 22.4 Å². The lowest BCUT2D eigenvalue weighted by atomic mass is 10.2. The average molecular weight is 301 g/mol. The summed E-state index contributed by atoms with van der Waals surface area (Å²) in [4.78, 5) is 0. The van der Waals surface area contributed by atoms with Crippen LogP contribution in [0.3, 0.4) is 0 Å². The Labute approximate surface area is 127 Å². The van der Waals surface area contributed by atoms with Crippen LogP contribution in [0.4, 0.5) is 0 Å². The molecule has 0 saturated carbocycles. The molecule has 3 rings (SSSR count). The van der Waals surface area contributed by atoms with Crippen LogP contribution in [-0.2, 0) is 0 Å². The lowest BCUT2D eigenvalue weighted by Crippen LogP contribution is -2.10. The van der Waals surface area contributed by atoms with Gasteiger partial charge in [-0.15, -0.1) is 10.2 Å². The van der Waals surface area contributed by atoms with E-state index in [9.17, 15) is 0 Å². The third-order valence-corrected chi connectivity index (χ3v) is 3.22. The molecule has 0 saturated heterocycles. The minimum atomic E-state index is 0.374. The van der Waals surface area contributed by atoms with Crippen molar-refractivity contribution in [3.8, 4) is 11.6 Å². The molecule has 0 bridgehead atoms. The summed E-state index contributed by atoms with van der Waals surface area (Å²) in [7, 11) is 0. The predicted octanol–water partition coefficient (Wildman–Crippen LogP) is 3.74. The smallest absolute Gasteiger partial charge is 0.241 e. The minimum absolute atomic E-state index is 0.374. The molecule has 3 aromatic rings. The van der Waals surface area contributed by atoms with E-state index >= 15 is 0 Å². The van der Waals surface area contributed by atoms with Gasteiger partial charge in [-0.2, -0.15) is 0 Å². The molecule has 106 valence electrons. The van der Waals surface area contributed by atoms with Gasteiger partial charge in [0.25, 0.3) is 0 Å². The van der Waals surface area contributed by atoms with Crippen molar-refractivity contribution in [2.45, 2.75) is 0 Å². The first-order valence-corrected chi connectivity index (χ1v) is 6.94. The van der Waals surface area contributed by atoms with Crippen molar-refractivity contribution in [3.63, 3.8) is 0 Å². The van der Waals surface area contributed by atoms with Crippen molar-refractivity contribution in [2.75, 3.05) is 13.2 Å². The van der Waals surface area contributed by atoms with E-state index in [1.165, 1.54) is 0 Å². The van der Waals surface area contributed by atoms with Crippen molar-refractivity contribution in [1.82, 2.24) is 10.2 Å². The van der Waals surface area contributed by atoms with Crippen molar-refractivity contribution in [2.24, 2.45) is 0 Å². The number of nitrogens with zero attached hydrogens (tertiary/aromatic N) is 2. The molecule has 0 unspecified atom stereocenters. The maximum absolute atomic E-state index is 6.02. The lowest BCUT2D eigenvalue weighted by molar-refractivity contribution is 0.212. The number of para-hydroxylation sites is 1. The molecule has 2 aromatic carbocycles. The Hall–Kier alpha value is -2.33. The van der Waals surface area contributed by atoms with E-state index < -0.39 is 0 Å². The van der Waals surface area contributed by atoms with Crippen LogP contribution in [0, 0.1) is 0 Å². The monoisotopic (exact) mass is 300 g/mol. The Morgan fingerprint density at radius 2 is 1.43 bits per heavy atom. The van der Waals surface area contributed by atoms with Gasteiger partial charge in [-0.05, 0) is 18.2 Å². The zero-order valence-corrected chi connectivity index (χ0v) is 12.0. The van der Waals surface area contributed by atoms with E-state index in [2.05, 4.69) is 10.2 Å². The second-order valence-electron chi connectivity index (χ2n) is 4.35. The van der Waals surface area contributed by atoms with Crippen molar-refractivity contribution < 1.29 is 9.47 Å². The second-order valence-corrected chi connectivity index (χ2v) is 4.71. The van der Waals surface area contributed by atoms with Gasteiger partial charge in [0.05, 0.1) is 0 Å². The van der Waals surface area contributed by atoms with E-state index in [1.54, 1.807) is 0 Å². The number of hydrogen-bond donors (Lipinski definition) is 0. The van der Waals surface area contributed by atoms with Gasteiger partial charge in [-0.3, -0.25) is 0 Å². The first-order chi connectivity index (χ1) is 10.3. The predicted molar refractivity (Wildman–Crippen MR) is 82.0 cm³/mol. The molecule has 0 spiro atoms. The highest BCUT2D eigenvalue weighted by atomic mass is 35.5. The van der Waals surface area contributed by atoms with E-state index in [0.29, 0.717) is 24.2 Å². The van der Waals surface area contributed by atoms with Crippen LogP contribution in [-0.4, -0.2) is 23.4 Å². The highest BCUT2D eigenvalue weighted by molar-refractivity contribution is 6.34. The third kappa shape index (κ3) is 3.23. The zero-order valence-electron chi connectivity index (χ0n) is 11.2. The van der Waals surface area contributed by atoms with Crippen molar-refractivity contribution in [3.05, 3.63) is 59.8 Å². The summed E-state index contributed by atoms with van der Waals surface area (Å²) >= 11 is 6.02. The number of hydrogen-bond acceptors (Lipinski definition) is 4. The fraction of sp³-hybridized carbons (Fsp3) is 0.125. The number of halogens is 1. The highest BCUT2D eigenvalue weighted by Gasteiger charge is 2.08. The topological polar surface area (TPSA) is 44.2 Å². The fourth-order valence-electron chi connectivity index (χ4n) is 1.97. The Bertz CT molecular complexity index is 735. The van der Waals surface area contributed by atoms with E-state index in [4.69, 9.17) is 21.1 Å². The van der Waals surface area contributed by atoms with Gasteiger partial charge in [0.2, 0.25) is 5.88 Å². The summed E-state index contributed by atoms with van der Waals surface area (Å²) in [6, 6.07) is 17.2. The zero-order chi connectivity index (χ0) is 14.5. The first kappa shape index (κ1) is 13.6. The van der Waals surface area contributed by atoms with Gasteiger partial charge >= 0.3 is 0 Å². The van der Waals surface area contributed by atoms with Gasteiger partial charge in [0.15, 0.2) is 5.15 Å². The molecule has 0 radical (unpaired) electrons. The van der Waals surface area contributed by atoms with Crippen LogP contribution in [0.1, 0.15) is 0 Å². The summed E-state index contributed by atoms with van der Waals surface area (Å²) in [5.41, 5.74) is 0. The van der Waals surface area contributed by atoms with Crippen LogP contribution < -0.4 is 9.47 Å². The number of ether oxygens (including phenoxy) is 2. The molecule has 0 aliphatic rings. The molecule has 21 heavy (non-hydrogen) atoms. The number of aromatic nitrogens is 2. The van der Waals surface area contributed by atoms with Gasteiger partial charge in [0, 0.05) is 10.8 Å². The minimum Gasteiger partial charge on any atom is -0.490 e. The summed E-state index contributed by atoms with van der Waals surface area (Å²) in [6.07, 6.45) is 0. The van der Waals surface area contributed by atoms with Crippen LogP contribution in [0.2, 0.25) is 5.15 Å². The average Bonchev–Trinajstić information content (AvgIpc) is 2.55. The van der Waals surface area contributed by atoms with Crippen LogP contribution >= 0.6 is 11.6 Å². The molecule has 0 aliphatic carbocycles. The fourth-order valence-corrected chi connectivity index (χ4v) is 2.17. The summed E-state index contributed by atoms with van der Waals surface area (Å²) in [5.74, 6) is 1.28. The Kier molecular flexibility index (Phi) is 4.17. The van der Waals surface area contributed by atoms with Crippen LogP contribution in [0.25, 0.3) is 10.8 Å². The number of fused-ring (bicyclic) bond motifs is 1. The molecule has 0 aliphatic heterocycles. The summed E-state index contributed by atoms with van der Waals surface area (Å²) in [6.45, 7) is 0.817. The Balaban J connectivity index is 1.65. The van der Waals surface area contributed by atoms with Crippen LogP contribution in [0.5, 0.6) is 11.6 Å². The molecule has 0 atom stereocenters. The molecule has 0 fully saturated rings. The van der Waals surface area contributed by atoms with Crippen molar-refractivity contribution in [1.29, 1.82) is 0 Å². The normalized spacial score (nSPS) is 10.5. The van der Waals surface area contributed by atoms with Gasteiger partial charge in [-0.1, -0.05) is 48.0 Å². The molecule has 5 heteroatoms. The SMILES string of the molecule is Clc1nnc(OCCOc2ccccc2)c2ccccc12. The quantitative estimate of drug-likeness (QED) is 0.673. The first-order valence-electron chi connectivity index (χ1n) is 6.56. The summed E-state index contributed by atoms with van der Waals surface area (Å²) < 4.78 is 11.2. The highest BCUT2D eigenvalue weighted by Crippen LogP contribution is 2.26. The molecular weight excluding hydrogens is 288 g/mol. The standard InChI is InChI=1S/C16H13ClN2O2/c17-15-13-8-4-5-9-14(13)16(19-18-15)21-11-10-20-12-6-2-1-3-7-12/h1-9H,10-11H2. The van der Waals surface area contributed by atoms with E-state index in [-0.39, 0.29) is 0 Å². The van der Waals surface area contributed by atoms with Gasteiger partial charge in [0.1, 0.15) is 19.0 Å². The molecule has 4 nitrogen and oxygen atoms in total. The Morgan fingerprint density at radius 3 is 2.24 bits per heavy atom. The number of rotatable bonds is 5. The van der Waals surface area contributed by atoms with E-state index in [1.807, 2.05) is 54.6 Å². The van der Waals surface area contributed by atoms with E-state index in [0.717, 1.165) is 16.5 Å². The lowest BCUT2D eigenvalue weighted by Gasteiger charge is -2.09. The van der Waals surface area contributed by atoms with Crippen LogP contribution in [0.15, 0.2) is 54.6 Å². The molecule has 0 N–H and O–H groups in total. The summed E-state index contributed by atoms with van der Waals surface area (Å²) in [5, 5.41) is 9.93. The van der Waals surface area contributed by atoms with Gasteiger partial charge in [-0.25, -0.2) is 0 Å². The Morgan fingerprint density at radius 1 is 0.762 bits per heavy atom. The largest absolute Gasteiger partial charge is 0.490 e. The molecular formula is C16H13ClN2O2. The molecule has 1 aromatic heterocycles. The molecule has 0 amide bonds. The number of benzene rings is 2. The maximum atomic E-state index is 6.02. The third-order valence-electron chi connectivity index (χ3n) is 2.94. The second kappa shape index (κ2) is 6.41. The maximum Gasteiger partial charge on any atom is 0.241 e.